The number of aliphatic hydroxyl groups excluding tert-OH is 6. The monoisotopic (exact) mass is 1660 g/mol. The van der Waals surface area contributed by atoms with E-state index in [1.165, 1.54) is 57.3 Å². The Morgan fingerprint density at radius 3 is 1.85 bits per heavy atom. The Balaban J connectivity index is 1.04. The summed E-state index contributed by atoms with van der Waals surface area (Å²) in [5.74, 6) is -17.5. The van der Waals surface area contributed by atoms with Gasteiger partial charge in [-0.2, -0.15) is 0 Å². The number of phenolic OH excluding ortho intramolecular Hbond substituents is 3. The van der Waals surface area contributed by atoms with Gasteiger partial charge < -0.3 is 128 Å². The van der Waals surface area contributed by atoms with E-state index in [2.05, 4.69) is 42.5 Å². The minimum Gasteiger partial charge on any atom is -0.508 e. The molecule has 0 radical (unpaired) electrons. The minimum atomic E-state index is -2.40. The maximum atomic E-state index is 16.2. The lowest BCUT2D eigenvalue weighted by Gasteiger charge is -2.48. The van der Waals surface area contributed by atoms with Crippen molar-refractivity contribution in [2.75, 3.05) is 13.7 Å². The van der Waals surface area contributed by atoms with E-state index in [1.54, 1.807) is 30.3 Å². The molecule has 11 bridgehead atoms. The maximum absolute atomic E-state index is 16.2. The molecule has 2 saturated heterocycles. The third-order valence-electron chi connectivity index (χ3n) is 20.6. The fraction of sp³-hybridized carbons (Fsp3) is 0.350. The van der Waals surface area contributed by atoms with Gasteiger partial charge in [-0.25, -0.2) is 4.79 Å². The molecule has 7 aromatic rings. The molecular formula is C80H83Cl2N9O26. The van der Waals surface area contributed by atoms with Crippen LogP contribution in [0.5, 0.6) is 46.0 Å². The van der Waals surface area contributed by atoms with Gasteiger partial charge in [0.25, 0.3) is 5.91 Å². The molecule has 7 aliphatic heterocycles. The number of hydrogen-bond acceptors (Lipinski definition) is 26. The molecule has 618 valence electrons. The average molecular weight is 1660 g/mol. The Morgan fingerprint density at radius 1 is 0.650 bits per heavy atom. The van der Waals surface area contributed by atoms with Gasteiger partial charge >= 0.3 is 5.97 Å². The summed E-state index contributed by atoms with van der Waals surface area (Å²) in [4.78, 5) is 145. The summed E-state index contributed by atoms with van der Waals surface area (Å²) in [7, 11) is 1.46. The molecule has 7 aliphatic rings. The van der Waals surface area contributed by atoms with Gasteiger partial charge in [0.05, 0.1) is 40.8 Å². The first-order valence-corrected chi connectivity index (χ1v) is 37.5. The Morgan fingerprint density at radius 2 is 1.25 bits per heavy atom. The summed E-state index contributed by atoms with van der Waals surface area (Å²) < 4.78 is 39.1. The number of primary amides is 1. The number of aliphatic hydroxyl groups is 6. The lowest BCUT2D eigenvalue weighted by atomic mass is 9.84. The van der Waals surface area contributed by atoms with Gasteiger partial charge in [-0.15, -0.1) is 0 Å². The van der Waals surface area contributed by atoms with Crippen molar-refractivity contribution in [1.82, 2.24) is 42.5 Å². The van der Waals surface area contributed by atoms with Crippen molar-refractivity contribution in [3.05, 3.63) is 188 Å². The van der Waals surface area contributed by atoms with Crippen molar-refractivity contribution in [1.29, 1.82) is 0 Å². The number of aromatic hydroxyl groups is 3. The van der Waals surface area contributed by atoms with Crippen LogP contribution in [-0.2, 0) is 52.6 Å². The predicted octanol–water partition coefficient (Wildman–Crippen LogP) is 2.81. The van der Waals surface area contributed by atoms with Crippen LogP contribution in [0.3, 0.4) is 0 Å². The van der Waals surface area contributed by atoms with Gasteiger partial charge in [-0.1, -0.05) is 97.7 Å². The van der Waals surface area contributed by atoms with Crippen LogP contribution in [0.1, 0.15) is 131 Å². The first kappa shape index (κ1) is 84.8. The highest BCUT2D eigenvalue weighted by atomic mass is 35.5. The fourth-order valence-electron chi connectivity index (χ4n) is 14.4. The van der Waals surface area contributed by atoms with Crippen molar-refractivity contribution in [2.24, 2.45) is 11.7 Å². The number of hydrogen-bond donors (Lipinski definition) is 19. The zero-order chi connectivity index (χ0) is 84.5. The number of carboxylic acid groups (broad SMARTS) is 1. The van der Waals surface area contributed by atoms with E-state index < -0.39 is 254 Å². The maximum Gasteiger partial charge on any atom is 0.330 e. The molecule has 0 unspecified atom stereocenters. The van der Waals surface area contributed by atoms with Crippen molar-refractivity contribution in [2.45, 2.75) is 156 Å². The van der Waals surface area contributed by atoms with E-state index in [0.717, 1.165) is 66.7 Å². The van der Waals surface area contributed by atoms with Gasteiger partial charge in [0.1, 0.15) is 95.6 Å². The highest BCUT2D eigenvalue weighted by Crippen LogP contribution is 2.50. The minimum absolute atomic E-state index is 0.0651. The molecule has 7 heterocycles. The van der Waals surface area contributed by atoms with E-state index in [0.29, 0.717) is 5.56 Å². The van der Waals surface area contributed by atoms with E-state index in [-0.39, 0.29) is 51.7 Å². The number of aliphatic carboxylic acids is 1. The number of phenols is 3. The van der Waals surface area contributed by atoms with E-state index in [1.807, 2.05) is 13.8 Å². The van der Waals surface area contributed by atoms with Crippen molar-refractivity contribution in [3.8, 4) is 57.1 Å². The van der Waals surface area contributed by atoms with Gasteiger partial charge in [0.15, 0.2) is 35.7 Å². The number of carboxylic acids is 1. The topological polar surface area (TPSA) is 551 Å². The zero-order valence-corrected chi connectivity index (χ0v) is 64.3. The molecule has 14 rings (SSSR count). The van der Waals surface area contributed by atoms with Crippen molar-refractivity contribution in [3.63, 3.8) is 0 Å². The highest BCUT2D eigenvalue weighted by Gasteiger charge is 2.53. The summed E-state index contributed by atoms with van der Waals surface area (Å²) in [6.45, 7) is 5.49. The molecule has 37 heteroatoms. The van der Waals surface area contributed by atoms with Crippen LogP contribution in [0.2, 0.25) is 10.0 Å². The first-order valence-electron chi connectivity index (χ1n) is 36.7. The molecular weight excluding hydrogens is 1570 g/mol. The lowest BCUT2D eigenvalue weighted by Crippen LogP contribution is -2.66. The van der Waals surface area contributed by atoms with Crippen molar-refractivity contribution < 1.29 is 127 Å². The third kappa shape index (κ3) is 18.2. The summed E-state index contributed by atoms with van der Waals surface area (Å²) in [6.07, 6.45) is -20.1. The summed E-state index contributed by atoms with van der Waals surface area (Å²) in [5.41, 5.74) is 1.81. The Hall–Kier alpha value is -11.6. The number of rotatable bonds is 17. The number of amides is 8. The Bertz CT molecular complexity index is 5050. The van der Waals surface area contributed by atoms with Gasteiger partial charge in [-0.05, 0) is 122 Å². The van der Waals surface area contributed by atoms with Gasteiger partial charge in [0.2, 0.25) is 53.4 Å². The molecule has 0 saturated carbocycles. The lowest BCUT2D eigenvalue weighted by molar-refractivity contribution is -0.334. The van der Waals surface area contributed by atoms with Crippen LogP contribution >= 0.6 is 23.2 Å². The summed E-state index contributed by atoms with van der Waals surface area (Å²) in [6, 6.07) is 13.0. The zero-order valence-electron chi connectivity index (χ0n) is 62.8. The van der Waals surface area contributed by atoms with Crippen LogP contribution in [-0.4, -0.2) is 203 Å². The van der Waals surface area contributed by atoms with Gasteiger partial charge in [-0.3, -0.25) is 43.2 Å². The van der Waals surface area contributed by atoms with Gasteiger partial charge in [0, 0.05) is 45.9 Å². The number of benzene rings is 7. The molecule has 0 aromatic heterocycles. The highest BCUT2D eigenvalue weighted by molar-refractivity contribution is 6.32. The van der Waals surface area contributed by atoms with Crippen LogP contribution in [0.15, 0.2) is 133 Å². The molecule has 18 atom stereocenters. The number of ketones is 1. The number of carbonyl (C=O) groups is 10. The number of halogens is 2. The second-order valence-electron chi connectivity index (χ2n) is 29.4. The smallest absolute Gasteiger partial charge is 0.330 e. The number of fused-ring (bicyclic) bond motifs is 15. The largest absolute Gasteiger partial charge is 0.508 e. The van der Waals surface area contributed by atoms with Crippen LogP contribution in [0.25, 0.3) is 11.1 Å². The number of ether oxygens (including phenoxy) is 6. The molecule has 0 aliphatic carbocycles. The Labute approximate surface area is 675 Å². The van der Waals surface area contributed by atoms with E-state index in [4.69, 9.17) is 57.4 Å². The molecule has 2 fully saturated rings. The number of likely N-dealkylation sites (N-methyl/N-ethyl adjacent to an activating group) is 1. The quantitative estimate of drug-likeness (QED) is 0.0583. The predicted molar refractivity (Wildman–Crippen MR) is 409 cm³/mol. The number of nitrogens with two attached hydrogens (primary N) is 1. The Kier molecular flexibility index (Phi) is 25.4. The molecule has 117 heavy (non-hydrogen) atoms. The second kappa shape index (κ2) is 35.1. The van der Waals surface area contributed by atoms with Crippen LogP contribution in [0, 0.1) is 5.92 Å². The van der Waals surface area contributed by atoms with E-state index >= 15 is 14.4 Å². The molecule has 35 nitrogen and oxygen atoms in total. The normalized spacial score (nSPS) is 26.9. The molecule has 7 aromatic carbocycles. The first-order chi connectivity index (χ1) is 55.5. The van der Waals surface area contributed by atoms with E-state index in [9.17, 15) is 84.6 Å². The van der Waals surface area contributed by atoms with Crippen LogP contribution in [0.4, 0.5) is 0 Å². The summed E-state index contributed by atoms with van der Waals surface area (Å²) in [5, 5.41) is 136. The standard InChI is InChI=1S/C80H83Cl2N9O26/c1-32(2)21-46(84-5)72(104)89-61-64(98)38-16-19-50(44(81)23-38)113-52-25-40-26-53(68(52)117-79-69(67(101)66(100)54(31-92)115-79)116-56-30-80(4,70(102)33(3)112-56)91-71(103)36-13-11-35(12-14-36)63(97)34-9-7-6-8-10-34)114-51-20-17-39(24-45(51)82)65(99)62-77(109)88-60(78(110)111)43-27-41(93)28-49(95)57(43)42-22-37(15-18-48(42)94)58(74(106)90-62)87-75(107)59(40)86-73(105)47(29-55(83)96)85-76(61)108/h6-20,22-28,32-33,46-47,54,56,58-62,64-67,69-70,79,84,92-95,98-102H,21,29-31H2,1-5H3,(H2,83,96)(H,85,108)(H,86,105)(H,87,107)(H,88,109)(H,89,104)(H,90,106)(H,91,103)(H,110,111)/t33-,46+,47-,54+,56-,58+,59+,60-,61+,62-,64+,65+,66+,67-,69+,70+,79-,80-/m0/s1. The molecule has 8 amide bonds. The number of carbonyl (C=O) groups excluding carboxylic acids is 9. The van der Waals surface area contributed by atoms with Crippen molar-refractivity contribution >= 4 is 82.2 Å². The van der Waals surface area contributed by atoms with Crippen LogP contribution < -0.4 is 62.5 Å². The number of nitrogens with one attached hydrogen (secondary N) is 8. The fourth-order valence-corrected chi connectivity index (χ4v) is 14.9. The third-order valence-corrected chi connectivity index (χ3v) is 21.2. The average Bonchev–Trinajstić information content (AvgIpc) is 0.756. The SMILES string of the molecule is CN[C@H](CC(C)C)C(=O)N[C@H]1C(=O)N[C@@H](CC(N)=O)C(=O)N[C@H]2C(=O)N[C@H]3C(=O)N[C@H](C(=O)N[C@H](C(=O)O)c4cc(O)cc(O)c4-c4cc3ccc4O)[C@H](O)c3ccc(c(Cl)c3)Oc3cc2cc(c3O[C@@H]2O[C@H](CO)[C@@H](O)[C@H](O)[C@H]2O[C@H]2C[C@](C)(NC(=O)c3ccc(C(=O)c4ccccc4)cc3)[C@H](O)[C@H](C)O2)Oc2ccc(cc2Cl)[C@H]1O. The molecule has 0 spiro atoms. The molecule has 20 N–H and O–H groups in total. The summed E-state index contributed by atoms with van der Waals surface area (Å²) >= 11 is 14.3. The second-order valence-corrected chi connectivity index (χ2v) is 30.2.